The molecule has 0 radical (unpaired) electrons. The Kier molecular flexibility index (Phi) is 5.72. The first-order valence-corrected chi connectivity index (χ1v) is 12.9. The number of fused-ring (bicyclic) bond motifs is 2. The van der Waals surface area contributed by atoms with E-state index in [1.807, 2.05) is 18.3 Å². The van der Waals surface area contributed by atoms with E-state index in [0.717, 1.165) is 40.4 Å². The highest BCUT2D eigenvalue weighted by Crippen LogP contribution is 2.60. The van der Waals surface area contributed by atoms with Crippen molar-refractivity contribution in [3.8, 4) is 11.3 Å². The predicted molar refractivity (Wildman–Crippen MR) is 135 cm³/mol. The van der Waals surface area contributed by atoms with Gasteiger partial charge in [-0.1, -0.05) is 31.5 Å². The smallest absolute Gasteiger partial charge is 0.223 e. The van der Waals surface area contributed by atoms with E-state index in [2.05, 4.69) is 30.2 Å². The highest BCUT2D eigenvalue weighted by molar-refractivity contribution is 6.33. The molecular weight excluding hydrogens is 464 g/mol. The molecule has 35 heavy (non-hydrogen) atoms. The van der Waals surface area contributed by atoms with Crippen molar-refractivity contribution in [1.82, 2.24) is 15.0 Å². The maximum Gasteiger partial charge on any atom is 0.223 e. The number of ether oxygens (including phenoxy) is 1. The minimum absolute atomic E-state index is 0.174. The predicted octanol–water partition coefficient (Wildman–Crippen LogP) is 4.65. The zero-order valence-electron chi connectivity index (χ0n) is 20.0. The number of halogens is 1. The molecular formula is C27H31ClN4O3. The van der Waals surface area contributed by atoms with Crippen molar-refractivity contribution in [3.63, 3.8) is 0 Å². The summed E-state index contributed by atoms with van der Waals surface area (Å²) in [5.41, 5.74) is 3.69. The van der Waals surface area contributed by atoms with Gasteiger partial charge in [0.15, 0.2) is 0 Å². The Hall–Kier alpha value is -2.32. The number of nitrogens with one attached hydrogen (secondary N) is 1. The van der Waals surface area contributed by atoms with E-state index in [1.165, 1.54) is 6.42 Å². The Morgan fingerprint density at radius 1 is 1.17 bits per heavy atom. The highest BCUT2D eigenvalue weighted by Gasteiger charge is 2.54. The summed E-state index contributed by atoms with van der Waals surface area (Å²) in [6, 6.07) is 5.87. The van der Waals surface area contributed by atoms with Gasteiger partial charge in [0.25, 0.3) is 0 Å². The third kappa shape index (κ3) is 4.18. The number of aliphatic hydroxyl groups excluding tert-OH is 1. The summed E-state index contributed by atoms with van der Waals surface area (Å²) >= 11 is 6.56. The van der Waals surface area contributed by atoms with Gasteiger partial charge in [0, 0.05) is 29.3 Å². The normalized spacial score (nSPS) is 30.0. The third-order valence-corrected chi connectivity index (χ3v) is 8.19. The number of rotatable bonds is 5. The van der Waals surface area contributed by atoms with Crippen LogP contribution >= 0.6 is 11.6 Å². The minimum atomic E-state index is -0.793. The van der Waals surface area contributed by atoms with E-state index in [9.17, 15) is 10.2 Å². The number of benzene rings is 1. The number of aliphatic hydroxyl groups is 2. The molecule has 2 aromatic heterocycles. The van der Waals surface area contributed by atoms with Gasteiger partial charge in [0.05, 0.1) is 46.8 Å². The topological polar surface area (TPSA) is 100 Å². The Morgan fingerprint density at radius 3 is 2.71 bits per heavy atom. The van der Waals surface area contributed by atoms with Gasteiger partial charge in [-0.15, -0.1) is 0 Å². The molecule has 4 atom stereocenters. The van der Waals surface area contributed by atoms with Crippen LogP contribution in [0.2, 0.25) is 5.02 Å². The van der Waals surface area contributed by atoms with Crippen molar-refractivity contribution in [2.45, 2.75) is 63.2 Å². The molecule has 3 fully saturated rings. The molecule has 3 aromatic rings. The summed E-state index contributed by atoms with van der Waals surface area (Å²) in [6.07, 6.45) is 6.45. The lowest BCUT2D eigenvalue weighted by Gasteiger charge is -2.29. The molecule has 0 spiro atoms. The molecule has 3 aliphatic rings. The number of aromatic nitrogens is 3. The van der Waals surface area contributed by atoms with Gasteiger partial charge in [-0.2, -0.15) is 0 Å². The number of hydrogen-bond acceptors (Lipinski definition) is 7. The molecule has 6 rings (SSSR count). The first kappa shape index (κ1) is 23.1. The average molecular weight is 495 g/mol. The van der Waals surface area contributed by atoms with Crippen LogP contribution in [-0.4, -0.2) is 50.5 Å². The SMILES string of the molecule is CC(C)c1c(C2(O)CC3CC3C2)cnc2ccc(-c3nc(N[C@@H]4CCOC[C@H]4O)ncc3Cl)cc12. The van der Waals surface area contributed by atoms with Crippen LogP contribution in [0.4, 0.5) is 5.95 Å². The number of anilines is 1. The van der Waals surface area contributed by atoms with E-state index >= 15 is 0 Å². The molecule has 0 amide bonds. The van der Waals surface area contributed by atoms with E-state index in [0.29, 0.717) is 48.1 Å². The molecule has 3 heterocycles. The number of pyridine rings is 1. The minimum Gasteiger partial charge on any atom is -0.389 e. The largest absolute Gasteiger partial charge is 0.389 e. The van der Waals surface area contributed by atoms with Gasteiger partial charge in [0.2, 0.25) is 5.95 Å². The summed E-state index contributed by atoms with van der Waals surface area (Å²) in [7, 11) is 0. The molecule has 8 heteroatoms. The van der Waals surface area contributed by atoms with Crippen LogP contribution in [0.15, 0.2) is 30.6 Å². The Bertz CT molecular complexity index is 1270. The van der Waals surface area contributed by atoms with Crippen molar-refractivity contribution in [3.05, 3.63) is 46.7 Å². The summed E-state index contributed by atoms with van der Waals surface area (Å²) in [4.78, 5) is 13.8. The molecule has 3 N–H and O–H groups in total. The van der Waals surface area contributed by atoms with Crippen molar-refractivity contribution >= 4 is 28.5 Å². The van der Waals surface area contributed by atoms with Gasteiger partial charge in [-0.05, 0) is 61.1 Å². The van der Waals surface area contributed by atoms with E-state index in [1.54, 1.807) is 6.20 Å². The number of nitrogens with zero attached hydrogens (tertiary/aromatic N) is 3. The van der Waals surface area contributed by atoms with Crippen LogP contribution in [0, 0.1) is 11.8 Å². The molecule has 2 saturated carbocycles. The zero-order chi connectivity index (χ0) is 24.3. The zero-order valence-corrected chi connectivity index (χ0v) is 20.8. The lowest BCUT2D eigenvalue weighted by Crippen LogP contribution is -2.42. The highest BCUT2D eigenvalue weighted by atomic mass is 35.5. The fraction of sp³-hybridized carbons (Fsp3) is 0.519. The van der Waals surface area contributed by atoms with Gasteiger partial charge in [-0.25, -0.2) is 9.97 Å². The van der Waals surface area contributed by atoms with Crippen LogP contribution < -0.4 is 5.32 Å². The average Bonchev–Trinajstić information content (AvgIpc) is 3.46. The molecule has 1 saturated heterocycles. The third-order valence-electron chi connectivity index (χ3n) is 7.92. The molecule has 1 aliphatic heterocycles. The Labute approximate surface area is 209 Å². The fourth-order valence-electron chi connectivity index (χ4n) is 6.03. The van der Waals surface area contributed by atoms with Crippen molar-refractivity contribution < 1.29 is 14.9 Å². The van der Waals surface area contributed by atoms with Crippen LogP contribution in [0.5, 0.6) is 0 Å². The van der Waals surface area contributed by atoms with Crippen LogP contribution in [-0.2, 0) is 10.3 Å². The maximum absolute atomic E-state index is 11.6. The molecule has 2 unspecified atom stereocenters. The molecule has 7 nitrogen and oxygen atoms in total. The lowest BCUT2D eigenvalue weighted by molar-refractivity contribution is -0.0136. The first-order valence-electron chi connectivity index (χ1n) is 12.5. The second-order valence-electron chi connectivity index (χ2n) is 10.7. The first-order chi connectivity index (χ1) is 16.8. The Morgan fingerprint density at radius 2 is 1.97 bits per heavy atom. The van der Waals surface area contributed by atoms with Crippen molar-refractivity contribution in [2.75, 3.05) is 18.5 Å². The molecule has 2 aliphatic carbocycles. The second-order valence-corrected chi connectivity index (χ2v) is 11.1. The fourth-order valence-corrected chi connectivity index (χ4v) is 6.23. The maximum atomic E-state index is 11.6. The molecule has 0 bridgehead atoms. The van der Waals surface area contributed by atoms with Crippen molar-refractivity contribution in [1.29, 1.82) is 0 Å². The summed E-state index contributed by atoms with van der Waals surface area (Å²) in [5, 5.41) is 26.5. The summed E-state index contributed by atoms with van der Waals surface area (Å²) in [5.74, 6) is 1.95. The molecule has 184 valence electrons. The second kappa shape index (κ2) is 8.66. The van der Waals surface area contributed by atoms with Gasteiger partial charge >= 0.3 is 0 Å². The van der Waals surface area contributed by atoms with Gasteiger partial charge < -0.3 is 20.3 Å². The molecule has 1 aromatic carbocycles. The summed E-state index contributed by atoms with van der Waals surface area (Å²) in [6.45, 7) is 5.22. The monoisotopic (exact) mass is 494 g/mol. The van der Waals surface area contributed by atoms with E-state index in [-0.39, 0.29) is 12.0 Å². The van der Waals surface area contributed by atoms with Gasteiger partial charge in [-0.3, -0.25) is 4.98 Å². The van der Waals surface area contributed by atoms with Crippen LogP contribution in [0.3, 0.4) is 0 Å². The van der Waals surface area contributed by atoms with Gasteiger partial charge in [0.1, 0.15) is 0 Å². The Balaban J connectivity index is 1.40. The standard InChI is InChI=1S/C27H31ClN4O3/c1-14(2)24-18-8-15(3-4-21(18)29-11-19(24)27(34)9-16-7-17(16)10-27)25-20(28)12-30-26(32-25)31-22-5-6-35-13-23(22)33/h3-4,8,11-12,14,16-17,22-23,33-34H,5-7,9-10,13H2,1-2H3,(H,30,31,32)/t16?,17?,22-,23-,27?/m1/s1. The summed E-state index contributed by atoms with van der Waals surface area (Å²) < 4.78 is 5.32. The van der Waals surface area contributed by atoms with E-state index < -0.39 is 11.7 Å². The van der Waals surface area contributed by atoms with Crippen molar-refractivity contribution in [2.24, 2.45) is 11.8 Å². The van der Waals surface area contributed by atoms with Crippen LogP contribution in [0.1, 0.15) is 56.6 Å². The quantitative estimate of drug-likeness (QED) is 0.474. The van der Waals surface area contributed by atoms with Crippen LogP contribution in [0.25, 0.3) is 22.2 Å². The van der Waals surface area contributed by atoms with E-state index in [4.69, 9.17) is 26.3 Å². The lowest BCUT2D eigenvalue weighted by atomic mass is 9.82. The number of hydrogen-bond donors (Lipinski definition) is 3.